The molecule has 0 saturated carbocycles. The molecule has 9 heteroatoms. The molecule has 0 radical (unpaired) electrons. The molecule has 3 aromatic rings. The first-order valence-electron chi connectivity index (χ1n) is 10.1. The fourth-order valence-electron chi connectivity index (χ4n) is 3.75. The first-order valence-corrected chi connectivity index (χ1v) is 10.1. The van der Waals surface area contributed by atoms with Gasteiger partial charge in [-0.15, -0.1) is 0 Å². The summed E-state index contributed by atoms with van der Waals surface area (Å²) in [6.45, 7) is 1.29. The number of amides is 2. The van der Waals surface area contributed by atoms with Crippen LogP contribution in [0.25, 0.3) is 10.9 Å². The topological polar surface area (TPSA) is 101 Å². The number of morpholine rings is 1. The maximum Gasteiger partial charge on any atom is 0.272 e. The third-order valence-corrected chi connectivity index (χ3v) is 5.47. The van der Waals surface area contributed by atoms with Crippen LogP contribution in [-0.2, 0) is 11.8 Å². The van der Waals surface area contributed by atoms with E-state index < -0.39 is 6.10 Å². The Kier molecular flexibility index (Phi) is 5.97. The number of fused-ring (bicyclic) bond motifs is 1. The zero-order chi connectivity index (χ0) is 22.0. The van der Waals surface area contributed by atoms with Crippen LogP contribution < -0.4 is 0 Å². The number of carbonyl (C=O) groups excluding carboxylic acids is 2. The summed E-state index contributed by atoms with van der Waals surface area (Å²) in [7, 11) is 3.38. The molecule has 1 fully saturated rings. The van der Waals surface area contributed by atoms with E-state index >= 15 is 0 Å². The van der Waals surface area contributed by atoms with Crippen LogP contribution in [-0.4, -0.2) is 81.4 Å². The van der Waals surface area contributed by atoms with E-state index in [2.05, 4.69) is 5.10 Å². The first kappa shape index (κ1) is 21.0. The van der Waals surface area contributed by atoms with Gasteiger partial charge in [0.15, 0.2) is 0 Å². The second-order valence-corrected chi connectivity index (χ2v) is 7.51. The SMILES string of the molecule is CN(CCO)C(=O)c1cc([C@H]2CN(C(=O)c3ccnn3C)CCO2)nc2ccccc12. The van der Waals surface area contributed by atoms with Crippen molar-refractivity contribution in [1.82, 2.24) is 24.6 Å². The Balaban J connectivity index is 1.66. The van der Waals surface area contributed by atoms with E-state index in [-0.39, 0.29) is 25.0 Å². The van der Waals surface area contributed by atoms with Crippen LogP contribution in [0, 0.1) is 0 Å². The van der Waals surface area contributed by atoms with E-state index in [0.717, 1.165) is 5.39 Å². The highest BCUT2D eigenvalue weighted by Gasteiger charge is 2.29. The van der Waals surface area contributed by atoms with Crippen LogP contribution in [0.5, 0.6) is 0 Å². The molecule has 2 aromatic heterocycles. The van der Waals surface area contributed by atoms with Gasteiger partial charge in [0.2, 0.25) is 0 Å². The van der Waals surface area contributed by atoms with Gasteiger partial charge in [-0.1, -0.05) is 18.2 Å². The maximum absolute atomic E-state index is 13.0. The van der Waals surface area contributed by atoms with Crippen LogP contribution >= 0.6 is 0 Å². The summed E-state index contributed by atoms with van der Waals surface area (Å²) in [5.41, 5.74) is 2.28. The summed E-state index contributed by atoms with van der Waals surface area (Å²) in [4.78, 5) is 33.9. The Morgan fingerprint density at radius 2 is 2.10 bits per heavy atom. The molecule has 0 bridgehead atoms. The van der Waals surface area contributed by atoms with Gasteiger partial charge in [0.1, 0.15) is 11.8 Å². The van der Waals surface area contributed by atoms with Crippen molar-refractivity contribution in [3.63, 3.8) is 0 Å². The van der Waals surface area contributed by atoms with Crippen LogP contribution in [0.3, 0.4) is 0 Å². The number of hydrogen-bond donors (Lipinski definition) is 1. The van der Waals surface area contributed by atoms with Crippen molar-refractivity contribution < 1.29 is 19.4 Å². The summed E-state index contributed by atoms with van der Waals surface area (Å²) in [5, 5.41) is 14.0. The molecule has 1 atom stereocenters. The highest BCUT2D eigenvalue weighted by Crippen LogP contribution is 2.27. The second-order valence-electron chi connectivity index (χ2n) is 7.51. The van der Waals surface area contributed by atoms with Crippen molar-refractivity contribution in [2.45, 2.75) is 6.10 Å². The van der Waals surface area contributed by atoms with Gasteiger partial charge in [0, 0.05) is 38.8 Å². The molecule has 1 aliphatic rings. The minimum absolute atomic E-state index is 0.116. The summed E-state index contributed by atoms with van der Waals surface area (Å²) in [5.74, 6) is -0.319. The number of hydrogen-bond acceptors (Lipinski definition) is 6. The molecule has 0 unspecified atom stereocenters. The summed E-state index contributed by atoms with van der Waals surface area (Å²) in [6, 6.07) is 10.9. The van der Waals surface area contributed by atoms with Gasteiger partial charge in [-0.05, 0) is 18.2 Å². The molecule has 0 spiro atoms. The molecule has 1 aliphatic heterocycles. The number of aliphatic hydroxyl groups excluding tert-OH is 1. The van der Waals surface area contributed by atoms with Gasteiger partial charge in [0.05, 0.1) is 36.5 Å². The van der Waals surface area contributed by atoms with Crippen molar-refractivity contribution in [1.29, 1.82) is 0 Å². The minimum Gasteiger partial charge on any atom is -0.395 e. The normalized spacial score (nSPS) is 16.5. The largest absolute Gasteiger partial charge is 0.395 e. The molecule has 3 heterocycles. The van der Waals surface area contributed by atoms with E-state index in [1.165, 1.54) is 4.90 Å². The third kappa shape index (κ3) is 4.14. The van der Waals surface area contributed by atoms with Crippen molar-refractivity contribution >= 4 is 22.7 Å². The summed E-state index contributed by atoms with van der Waals surface area (Å²) >= 11 is 0. The number of nitrogens with zero attached hydrogens (tertiary/aromatic N) is 5. The zero-order valence-corrected chi connectivity index (χ0v) is 17.6. The standard InChI is InChI=1S/C22H25N5O4/c1-25(9-11-28)21(29)16-13-18(24-17-6-4-3-5-15(16)17)20-14-27(10-12-31-20)22(30)19-7-8-23-26(19)2/h3-8,13,20,28H,9-12,14H2,1-2H3/t20-/m1/s1. The summed E-state index contributed by atoms with van der Waals surface area (Å²) < 4.78 is 7.49. The van der Waals surface area contributed by atoms with Crippen molar-refractivity contribution in [2.75, 3.05) is 39.9 Å². The van der Waals surface area contributed by atoms with E-state index in [9.17, 15) is 14.7 Å². The number of benzene rings is 1. The molecule has 4 rings (SSSR count). The lowest BCUT2D eigenvalue weighted by Gasteiger charge is -2.33. The minimum atomic E-state index is -0.453. The van der Waals surface area contributed by atoms with Gasteiger partial charge in [-0.2, -0.15) is 5.10 Å². The molecule has 9 nitrogen and oxygen atoms in total. The van der Waals surface area contributed by atoms with Gasteiger partial charge in [-0.25, -0.2) is 4.98 Å². The van der Waals surface area contributed by atoms with Crippen LogP contribution in [0.15, 0.2) is 42.6 Å². The fourth-order valence-corrected chi connectivity index (χ4v) is 3.75. The lowest BCUT2D eigenvalue weighted by Crippen LogP contribution is -2.43. The first-order chi connectivity index (χ1) is 15.0. The lowest BCUT2D eigenvalue weighted by molar-refractivity contribution is -0.0249. The highest BCUT2D eigenvalue weighted by atomic mass is 16.5. The second kappa shape index (κ2) is 8.83. The number of aryl methyl sites for hydroxylation is 1. The predicted molar refractivity (Wildman–Crippen MR) is 114 cm³/mol. The predicted octanol–water partition coefficient (Wildman–Crippen LogP) is 1.25. The van der Waals surface area contributed by atoms with Crippen molar-refractivity contribution in [3.05, 3.63) is 59.5 Å². The Hall–Kier alpha value is -3.30. The number of likely N-dealkylation sites (N-methyl/N-ethyl adjacent to an activating group) is 1. The van der Waals surface area contributed by atoms with E-state index in [1.54, 1.807) is 42.0 Å². The molecule has 31 heavy (non-hydrogen) atoms. The molecule has 1 N–H and O–H groups in total. The quantitative estimate of drug-likeness (QED) is 0.663. The molecule has 162 valence electrons. The number of para-hydroxylation sites is 1. The number of rotatable bonds is 5. The number of aromatic nitrogens is 3. The van der Waals surface area contributed by atoms with Crippen molar-refractivity contribution in [2.24, 2.45) is 7.05 Å². The lowest BCUT2D eigenvalue weighted by atomic mass is 10.0. The molecular weight excluding hydrogens is 398 g/mol. The van der Waals surface area contributed by atoms with Crippen LogP contribution in [0.1, 0.15) is 32.6 Å². The van der Waals surface area contributed by atoms with Gasteiger partial charge >= 0.3 is 0 Å². The van der Waals surface area contributed by atoms with Gasteiger partial charge in [-0.3, -0.25) is 14.3 Å². The average molecular weight is 423 g/mol. The Bertz CT molecular complexity index is 1110. The fraction of sp³-hybridized carbons (Fsp3) is 0.364. The monoisotopic (exact) mass is 423 g/mol. The van der Waals surface area contributed by atoms with Crippen LogP contribution in [0.2, 0.25) is 0 Å². The summed E-state index contributed by atoms with van der Waals surface area (Å²) in [6.07, 6.45) is 1.14. The molecule has 1 aromatic carbocycles. The maximum atomic E-state index is 13.0. The van der Waals surface area contributed by atoms with Gasteiger partial charge in [0.25, 0.3) is 11.8 Å². The Morgan fingerprint density at radius 1 is 1.29 bits per heavy atom. The number of aliphatic hydroxyl groups is 1. The third-order valence-electron chi connectivity index (χ3n) is 5.47. The smallest absolute Gasteiger partial charge is 0.272 e. The molecule has 0 aliphatic carbocycles. The Morgan fingerprint density at radius 3 is 2.84 bits per heavy atom. The highest BCUT2D eigenvalue weighted by molar-refractivity contribution is 6.06. The van der Waals surface area contributed by atoms with E-state index in [0.29, 0.717) is 42.2 Å². The number of pyridine rings is 1. The van der Waals surface area contributed by atoms with Gasteiger partial charge < -0.3 is 19.6 Å². The Labute approximate surface area is 179 Å². The zero-order valence-electron chi connectivity index (χ0n) is 17.6. The van der Waals surface area contributed by atoms with E-state index in [4.69, 9.17) is 9.72 Å². The molecule has 1 saturated heterocycles. The average Bonchev–Trinajstić information content (AvgIpc) is 3.23. The number of carbonyl (C=O) groups is 2. The van der Waals surface area contributed by atoms with E-state index in [1.807, 2.05) is 24.3 Å². The molecular formula is C22H25N5O4. The van der Waals surface area contributed by atoms with Crippen molar-refractivity contribution in [3.8, 4) is 0 Å². The number of ether oxygens (including phenoxy) is 1. The van der Waals surface area contributed by atoms with Crippen LogP contribution in [0.4, 0.5) is 0 Å². The molecule has 2 amide bonds.